The largest absolute Gasteiger partial charge is 0.455 e. The molecule has 29 heavy (non-hydrogen) atoms. The lowest BCUT2D eigenvalue weighted by Crippen LogP contribution is -2.46. The predicted octanol–water partition coefficient (Wildman–Crippen LogP) is 2.05. The van der Waals surface area contributed by atoms with Gasteiger partial charge in [0.1, 0.15) is 0 Å². The van der Waals surface area contributed by atoms with Crippen LogP contribution < -0.4 is 15.5 Å². The highest BCUT2D eigenvalue weighted by atomic mass is 16.5. The van der Waals surface area contributed by atoms with Gasteiger partial charge in [0.05, 0.1) is 5.92 Å². The predicted molar refractivity (Wildman–Crippen MR) is 106 cm³/mol. The van der Waals surface area contributed by atoms with Crippen molar-refractivity contribution in [2.75, 3.05) is 18.1 Å². The SMILES string of the molecule is Cc1ccc(N2C[C@H](C(=O)OCC(=O)NC(=O)NC3CCCCC3)CC2=O)cc1. The van der Waals surface area contributed by atoms with Crippen molar-refractivity contribution in [3.05, 3.63) is 29.8 Å². The van der Waals surface area contributed by atoms with Crippen molar-refractivity contribution < 1.29 is 23.9 Å². The number of hydrogen-bond donors (Lipinski definition) is 2. The molecule has 1 aromatic carbocycles. The van der Waals surface area contributed by atoms with Gasteiger partial charge in [-0.25, -0.2) is 4.79 Å². The van der Waals surface area contributed by atoms with E-state index in [1.165, 1.54) is 6.42 Å². The molecule has 1 saturated carbocycles. The number of ether oxygens (including phenoxy) is 1. The number of imide groups is 1. The Labute approximate surface area is 170 Å². The van der Waals surface area contributed by atoms with Crippen LogP contribution >= 0.6 is 0 Å². The van der Waals surface area contributed by atoms with Crippen molar-refractivity contribution >= 4 is 29.5 Å². The number of hydrogen-bond acceptors (Lipinski definition) is 5. The van der Waals surface area contributed by atoms with E-state index in [4.69, 9.17) is 4.74 Å². The Morgan fingerprint density at radius 3 is 2.48 bits per heavy atom. The minimum atomic E-state index is -0.689. The lowest BCUT2D eigenvalue weighted by atomic mass is 9.96. The third-order valence-corrected chi connectivity index (χ3v) is 5.34. The zero-order valence-corrected chi connectivity index (χ0v) is 16.6. The molecule has 4 amide bonds. The Balaban J connectivity index is 1.42. The van der Waals surface area contributed by atoms with E-state index >= 15 is 0 Å². The van der Waals surface area contributed by atoms with E-state index in [2.05, 4.69) is 10.6 Å². The van der Waals surface area contributed by atoms with Crippen LogP contribution in [0, 0.1) is 12.8 Å². The Bertz CT molecular complexity index is 771. The maximum atomic E-state index is 12.2. The first-order chi connectivity index (χ1) is 13.9. The molecule has 0 radical (unpaired) electrons. The number of rotatable bonds is 5. The zero-order valence-electron chi connectivity index (χ0n) is 16.6. The van der Waals surface area contributed by atoms with E-state index in [1.54, 1.807) is 4.90 Å². The molecule has 0 bridgehead atoms. The average molecular weight is 401 g/mol. The van der Waals surface area contributed by atoms with Gasteiger partial charge in [-0.15, -0.1) is 0 Å². The van der Waals surface area contributed by atoms with Gasteiger partial charge in [-0.3, -0.25) is 19.7 Å². The molecule has 2 aliphatic rings. The molecule has 1 saturated heterocycles. The zero-order chi connectivity index (χ0) is 20.8. The number of aryl methyl sites for hydroxylation is 1. The van der Waals surface area contributed by atoms with Crippen LogP contribution in [0.4, 0.5) is 10.5 Å². The topological polar surface area (TPSA) is 105 Å². The maximum Gasteiger partial charge on any atom is 0.321 e. The van der Waals surface area contributed by atoms with Gasteiger partial charge in [-0.05, 0) is 31.9 Å². The second-order valence-electron chi connectivity index (χ2n) is 7.71. The van der Waals surface area contributed by atoms with E-state index in [9.17, 15) is 19.2 Å². The molecule has 3 rings (SSSR count). The van der Waals surface area contributed by atoms with Gasteiger partial charge in [-0.2, -0.15) is 0 Å². The summed E-state index contributed by atoms with van der Waals surface area (Å²) in [7, 11) is 0. The third kappa shape index (κ3) is 5.79. The highest BCUT2D eigenvalue weighted by molar-refractivity contribution is 6.00. The summed E-state index contributed by atoms with van der Waals surface area (Å²) in [5, 5.41) is 4.94. The van der Waals surface area contributed by atoms with Crippen LogP contribution in [-0.4, -0.2) is 43.0 Å². The molecule has 1 heterocycles. The van der Waals surface area contributed by atoms with Crippen LogP contribution in [0.15, 0.2) is 24.3 Å². The van der Waals surface area contributed by atoms with Crippen LogP contribution in [0.2, 0.25) is 0 Å². The average Bonchev–Trinajstić information content (AvgIpc) is 3.09. The quantitative estimate of drug-likeness (QED) is 0.735. The molecule has 8 heteroatoms. The lowest BCUT2D eigenvalue weighted by Gasteiger charge is -2.22. The molecule has 1 aliphatic heterocycles. The summed E-state index contributed by atoms with van der Waals surface area (Å²) >= 11 is 0. The van der Waals surface area contributed by atoms with Gasteiger partial charge in [0.25, 0.3) is 5.91 Å². The molecule has 0 unspecified atom stereocenters. The second-order valence-corrected chi connectivity index (χ2v) is 7.71. The van der Waals surface area contributed by atoms with Gasteiger partial charge >= 0.3 is 12.0 Å². The van der Waals surface area contributed by atoms with Crippen LogP contribution in [0.3, 0.4) is 0 Å². The first-order valence-electron chi connectivity index (χ1n) is 10.1. The summed E-state index contributed by atoms with van der Waals surface area (Å²) in [5.41, 5.74) is 1.81. The van der Waals surface area contributed by atoms with Crippen LogP contribution in [0.25, 0.3) is 0 Å². The maximum absolute atomic E-state index is 12.2. The van der Waals surface area contributed by atoms with Gasteiger partial charge < -0.3 is 15.0 Å². The molecule has 8 nitrogen and oxygen atoms in total. The fourth-order valence-corrected chi connectivity index (χ4v) is 3.73. The van der Waals surface area contributed by atoms with Gasteiger partial charge in [0.2, 0.25) is 5.91 Å². The first-order valence-corrected chi connectivity index (χ1v) is 10.1. The van der Waals surface area contributed by atoms with Crippen molar-refractivity contribution in [1.82, 2.24) is 10.6 Å². The fraction of sp³-hybridized carbons (Fsp3) is 0.524. The molecule has 156 valence electrons. The molecular formula is C21H27N3O5. The minimum absolute atomic E-state index is 0.0382. The van der Waals surface area contributed by atoms with Crippen molar-refractivity contribution in [1.29, 1.82) is 0 Å². The summed E-state index contributed by atoms with van der Waals surface area (Å²) in [4.78, 5) is 49.7. The fourth-order valence-electron chi connectivity index (χ4n) is 3.73. The summed E-state index contributed by atoms with van der Waals surface area (Å²) in [5.74, 6) is -2.10. The van der Waals surface area contributed by atoms with E-state index in [1.807, 2.05) is 31.2 Å². The number of esters is 1. The van der Waals surface area contributed by atoms with E-state index in [-0.39, 0.29) is 24.9 Å². The molecule has 1 aliphatic carbocycles. The number of nitrogens with zero attached hydrogens (tertiary/aromatic N) is 1. The standard InChI is InChI=1S/C21H27N3O5/c1-14-7-9-17(10-8-14)24-12-15(11-19(24)26)20(27)29-13-18(25)23-21(28)22-16-5-3-2-4-6-16/h7-10,15-16H,2-6,11-13H2,1H3,(H2,22,23,25,28)/t15-/m1/s1. The molecular weight excluding hydrogens is 374 g/mol. The number of amides is 4. The monoisotopic (exact) mass is 401 g/mol. The number of anilines is 1. The lowest BCUT2D eigenvalue weighted by molar-refractivity contribution is -0.152. The summed E-state index contributed by atoms with van der Waals surface area (Å²) in [6, 6.07) is 6.97. The Morgan fingerprint density at radius 2 is 1.79 bits per heavy atom. The molecule has 1 atom stereocenters. The van der Waals surface area contributed by atoms with Crippen molar-refractivity contribution in [2.24, 2.45) is 5.92 Å². The van der Waals surface area contributed by atoms with Crippen molar-refractivity contribution in [2.45, 2.75) is 51.5 Å². The summed E-state index contributed by atoms with van der Waals surface area (Å²) in [6.45, 7) is 1.62. The minimum Gasteiger partial charge on any atom is -0.455 e. The van der Waals surface area contributed by atoms with E-state index < -0.39 is 30.4 Å². The van der Waals surface area contributed by atoms with Crippen LogP contribution in [-0.2, 0) is 19.1 Å². The number of benzene rings is 1. The number of nitrogens with one attached hydrogen (secondary N) is 2. The second kappa shape index (κ2) is 9.54. The number of carbonyl (C=O) groups excluding carboxylic acids is 4. The molecule has 2 fully saturated rings. The van der Waals surface area contributed by atoms with Crippen molar-refractivity contribution in [3.63, 3.8) is 0 Å². The Hall–Kier alpha value is -2.90. The van der Waals surface area contributed by atoms with Gasteiger partial charge in [0, 0.05) is 24.7 Å². The Kier molecular flexibility index (Phi) is 6.85. The summed E-state index contributed by atoms with van der Waals surface area (Å²) in [6.07, 6.45) is 5.15. The van der Waals surface area contributed by atoms with E-state index in [0.29, 0.717) is 0 Å². The molecule has 0 aromatic heterocycles. The van der Waals surface area contributed by atoms with E-state index in [0.717, 1.165) is 36.9 Å². The van der Waals surface area contributed by atoms with Gasteiger partial charge in [-0.1, -0.05) is 37.0 Å². The molecule has 2 N–H and O–H groups in total. The first kappa shape index (κ1) is 20.8. The van der Waals surface area contributed by atoms with Crippen molar-refractivity contribution in [3.8, 4) is 0 Å². The normalized spacial score (nSPS) is 19.7. The van der Waals surface area contributed by atoms with Gasteiger partial charge in [0.15, 0.2) is 6.61 Å². The van der Waals surface area contributed by atoms with Crippen LogP contribution in [0.1, 0.15) is 44.1 Å². The third-order valence-electron chi connectivity index (χ3n) is 5.34. The number of carbonyl (C=O) groups is 4. The highest BCUT2D eigenvalue weighted by Gasteiger charge is 2.36. The smallest absolute Gasteiger partial charge is 0.321 e. The van der Waals surface area contributed by atoms with Crippen LogP contribution in [0.5, 0.6) is 0 Å². The highest BCUT2D eigenvalue weighted by Crippen LogP contribution is 2.26. The molecule has 1 aromatic rings. The molecule has 0 spiro atoms. The summed E-state index contributed by atoms with van der Waals surface area (Å²) < 4.78 is 5.02. The number of urea groups is 1. The Morgan fingerprint density at radius 1 is 1.10 bits per heavy atom.